The largest absolute Gasteiger partial charge is 0.481 e. The van der Waals surface area contributed by atoms with Gasteiger partial charge in [-0.3, -0.25) is 9.59 Å². The standard InChI is InChI=1S/C20H21NO4/c1-11(2)9-15-20-8-7-14(25-20)16(19(23)24)17(20)18(22)21(15)13-6-4-5-12(3)10-13/h4-8,10,14-17H,1,9H2,2-3H3,(H,23,24)/t14-,15-,16+,17-,20-/m1/s1. The first kappa shape index (κ1) is 16.1. The number of carboxylic acid groups (broad SMARTS) is 1. The lowest BCUT2D eigenvalue weighted by molar-refractivity contribution is -0.146. The Hall–Kier alpha value is -2.40. The van der Waals surface area contributed by atoms with E-state index < -0.39 is 29.5 Å². The van der Waals surface area contributed by atoms with Crippen LogP contribution < -0.4 is 4.90 Å². The molecule has 0 radical (unpaired) electrons. The molecular formula is C20H21NO4. The molecule has 2 fully saturated rings. The van der Waals surface area contributed by atoms with Gasteiger partial charge in [0.2, 0.25) is 5.91 Å². The summed E-state index contributed by atoms with van der Waals surface area (Å²) >= 11 is 0. The minimum atomic E-state index is -0.977. The molecule has 5 heteroatoms. The van der Waals surface area contributed by atoms with Crippen LogP contribution >= 0.6 is 0 Å². The molecule has 3 aliphatic rings. The number of benzene rings is 1. The van der Waals surface area contributed by atoms with E-state index in [-0.39, 0.29) is 11.9 Å². The number of anilines is 1. The average molecular weight is 339 g/mol. The fourth-order valence-corrected chi connectivity index (χ4v) is 4.60. The number of aliphatic carboxylic acids is 1. The van der Waals surface area contributed by atoms with E-state index in [9.17, 15) is 14.7 Å². The fraction of sp³-hybridized carbons (Fsp3) is 0.400. The van der Waals surface area contributed by atoms with E-state index in [1.807, 2.05) is 44.2 Å². The van der Waals surface area contributed by atoms with Crippen molar-refractivity contribution in [2.45, 2.75) is 38.0 Å². The van der Waals surface area contributed by atoms with Gasteiger partial charge in [-0.2, -0.15) is 0 Å². The molecule has 1 N–H and O–H groups in total. The molecule has 25 heavy (non-hydrogen) atoms. The Morgan fingerprint density at radius 1 is 1.44 bits per heavy atom. The Morgan fingerprint density at radius 3 is 2.84 bits per heavy atom. The number of rotatable bonds is 4. The molecule has 1 spiro atoms. The van der Waals surface area contributed by atoms with E-state index in [1.54, 1.807) is 11.0 Å². The summed E-state index contributed by atoms with van der Waals surface area (Å²) in [5.74, 6) is -2.67. The van der Waals surface area contributed by atoms with Crippen LogP contribution in [0.5, 0.6) is 0 Å². The monoisotopic (exact) mass is 339 g/mol. The number of aryl methyl sites for hydroxylation is 1. The van der Waals surface area contributed by atoms with Gasteiger partial charge in [0.05, 0.1) is 18.1 Å². The van der Waals surface area contributed by atoms with Gasteiger partial charge in [0.1, 0.15) is 11.5 Å². The second kappa shape index (κ2) is 5.30. The van der Waals surface area contributed by atoms with E-state index in [0.717, 1.165) is 16.8 Å². The number of hydrogen-bond acceptors (Lipinski definition) is 3. The Kier molecular flexibility index (Phi) is 3.41. The lowest BCUT2D eigenvalue weighted by Crippen LogP contribution is -2.45. The zero-order valence-electron chi connectivity index (χ0n) is 14.3. The summed E-state index contributed by atoms with van der Waals surface area (Å²) in [5.41, 5.74) is 1.88. The SMILES string of the molecule is C=C(C)C[C@H]1N(c2cccc(C)c2)C(=O)[C@H]2[C@@H](C(=O)O)[C@H]3C=C[C@]21O3. The Balaban J connectivity index is 1.85. The summed E-state index contributed by atoms with van der Waals surface area (Å²) < 4.78 is 6.13. The fourth-order valence-electron chi connectivity index (χ4n) is 4.60. The normalized spacial score (nSPS) is 35.3. The number of hydrogen-bond donors (Lipinski definition) is 1. The maximum atomic E-state index is 13.3. The number of carbonyl (C=O) groups excluding carboxylic acids is 1. The van der Waals surface area contributed by atoms with Crippen LogP contribution in [-0.4, -0.2) is 34.7 Å². The summed E-state index contributed by atoms with van der Waals surface area (Å²) in [7, 11) is 0. The van der Waals surface area contributed by atoms with Crippen LogP contribution in [0.2, 0.25) is 0 Å². The lowest BCUT2D eigenvalue weighted by Gasteiger charge is -2.33. The summed E-state index contributed by atoms with van der Waals surface area (Å²) in [6, 6.07) is 7.44. The number of nitrogens with zero attached hydrogens (tertiary/aromatic N) is 1. The second-order valence-electron chi connectivity index (χ2n) is 7.36. The highest BCUT2D eigenvalue weighted by Gasteiger charge is 2.71. The molecule has 3 heterocycles. The molecule has 0 aromatic heterocycles. The first-order valence-corrected chi connectivity index (χ1v) is 8.49. The molecule has 2 bridgehead atoms. The van der Waals surface area contributed by atoms with Crippen molar-refractivity contribution in [3.05, 3.63) is 54.1 Å². The molecule has 0 aliphatic carbocycles. The molecule has 1 amide bonds. The van der Waals surface area contributed by atoms with Crippen LogP contribution in [0, 0.1) is 18.8 Å². The molecule has 130 valence electrons. The number of amides is 1. The Labute approximate surface area is 146 Å². The van der Waals surface area contributed by atoms with Crippen LogP contribution in [0.25, 0.3) is 0 Å². The van der Waals surface area contributed by atoms with E-state index >= 15 is 0 Å². The smallest absolute Gasteiger partial charge is 0.310 e. The van der Waals surface area contributed by atoms with Gasteiger partial charge < -0.3 is 14.7 Å². The third-order valence-electron chi connectivity index (χ3n) is 5.53. The van der Waals surface area contributed by atoms with E-state index in [4.69, 9.17) is 4.74 Å². The van der Waals surface area contributed by atoms with Gasteiger partial charge in [0, 0.05) is 5.69 Å². The predicted molar refractivity (Wildman–Crippen MR) is 93.2 cm³/mol. The van der Waals surface area contributed by atoms with Crippen molar-refractivity contribution < 1.29 is 19.4 Å². The molecule has 0 unspecified atom stereocenters. The second-order valence-corrected chi connectivity index (χ2v) is 7.36. The third-order valence-corrected chi connectivity index (χ3v) is 5.53. The van der Waals surface area contributed by atoms with Crippen LogP contribution in [0.3, 0.4) is 0 Å². The molecular weight excluding hydrogens is 318 g/mol. The number of carboxylic acids is 1. The minimum Gasteiger partial charge on any atom is -0.481 e. The van der Waals surface area contributed by atoms with Gasteiger partial charge in [-0.05, 0) is 38.0 Å². The quantitative estimate of drug-likeness (QED) is 0.857. The lowest BCUT2D eigenvalue weighted by atomic mass is 9.74. The minimum absolute atomic E-state index is 0.170. The van der Waals surface area contributed by atoms with Gasteiger partial charge in [0.25, 0.3) is 0 Å². The van der Waals surface area contributed by atoms with Crippen molar-refractivity contribution in [2.75, 3.05) is 4.90 Å². The zero-order valence-corrected chi connectivity index (χ0v) is 14.3. The maximum Gasteiger partial charge on any atom is 0.310 e. The Morgan fingerprint density at radius 2 is 2.20 bits per heavy atom. The molecule has 0 saturated carbocycles. The summed E-state index contributed by atoms with van der Waals surface area (Å²) in [6.07, 6.45) is 3.75. The summed E-state index contributed by atoms with van der Waals surface area (Å²) in [4.78, 5) is 26.8. The molecule has 3 aliphatic heterocycles. The molecule has 1 aromatic rings. The van der Waals surface area contributed by atoms with Crippen molar-refractivity contribution in [3.63, 3.8) is 0 Å². The maximum absolute atomic E-state index is 13.3. The third kappa shape index (κ3) is 2.12. The first-order valence-electron chi connectivity index (χ1n) is 8.49. The van der Waals surface area contributed by atoms with Crippen LogP contribution in [0.4, 0.5) is 5.69 Å². The predicted octanol–water partition coefficient (Wildman–Crippen LogP) is 2.70. The zero-order chi connectivity index (χ0) is 17.9. The van der Waals surface area contributed by atoms with E-state index in [2.05, 4.69) is 6.58 Å². The van der Waals surface area contributed by atoms with Gasteiger partial charge in [0.15, 0.2) is 0 Å². The van der Waals surface area contributed by atoms with Gasteiger partial charge >= 0.3 is 5.97 Å². The van der Waals surface area contributed by atoms with E-state index in [0.29, 0.717) is 6.42 Å². The van der Waals surface area contributed by atoms with Crippen molar-refractivity contribution in [1.29, 1.82) is 0 Å². The van der Waals surface area contributed by atoms with Crippen molar-refractivity contribution in [3.8, 4) is 0 Å². The van der Waals surface area contributed by atoms with Gasteiger partial charge in [-0.1, -0.05) is 29.9 Å². The topological polar surface area (TPSA) is 66.8 Å². The van der Waals surface area contributed by atoms with Crippen LogP contribution in [0.15, 0.2) is 48.6 Å². The van der Waals surface area contributed by atoms with Crippen LogP contribution in [0.1, 0.15) is 18.9 Å². The molecule has 4 rings (SSSR count). The highest BCUT2D eigenvalue weighted by Crippen LogP contribution is 2.56. The molecule has 5 atom stereocenters. The van der Waals surface area contributed by atoms with Crippen LogP contribution in [-0.2, 0) is 14.3 Å². The number of ether oxygens (including phenoxy) is 1. The first-order chi connectivity index (χ1) is 11.8. The van der Waals surface area contributed by atoms with Crippen molar-refractivity contribution in [2.24, 2.45) is 11.8 Å². The van der Waals surface area contributed by atoms with E-state index in [1.165, 1.54) is 0 Å². The summed E-state index contributed by atoms with van der Waals surface area (Å²) in [6.45, 7) is 7.89. The van der Waals surface area contributed by atoms with Crippen molar-refractivity contribution >= 4 is 17.6 Å². The summed E-state index contributed by atoms with van der Waals surface area (Å²) in [5, 5.41) is 9.66. The molecule has 5 nitrogen and oxygen atoms in total. The Bertz CT molecular complexity index is 814. The van der Waals surface area contributed by atoms with Gasteiger partial charge in [-0.25, -0.2) is 0 Å². The highest BCUT2D eigenvalue weighted by atomic mass is 16.5. The average Bonchev–Trinajstić information content (AvgIpc) is 3.16. The van der Waals surface area contributed by atoms with Crippen molar-refractivity contribution in [1.82, 2.24) is 0 Å². The molecule has 1 aromatic carbocycles. The van der Waals surface area contributed by atoms with Gasteiger partial charge in [-0.15, -0.1) is 6.58 Å². The number of carbonyl (C=O) groups is 2. The highest BCUT2D eigenvalue weighted by molar-refractivity contribution is 6.03. The number of fused-ring (bicyclic) bond motifs is 1. The molecule has 2 saturated heterocycles.